The van der Waals surface area contributed by atoms with Crippen molar-refractivity contribution in [2.75, 3.05) is 0 Å². The number of Topliss-reactive ketones (excluding diaryl/α,β-unsaturated/α-hetero) is 1. The topological polar surface area (TPSA) is 55.7 Å². The van der Waals surface area contributed by atoms with Gasteiger partial charge < -0.3 is 0 Å². The molecule has 3 aromatic rings. The summed E-state index contributed by atoms with van der Waals surface area (Å²) < 4.78 is 0. The van der Waals surface area contributed by atoms with Gasteiger partial charge >= 0.3 is 0 Å². The minimum absolute atomic E-state index is 0.226. The van der Waals surface area contributed by atoms with Crippen LogP contribution >= 0.6 is 0 Å². The van der Waals surface area contributed by atoms with Crippen LogP contribution in [0.15, 0.2) is 66.9 Å². The quantitative estimate of drug-likeness (QED) is 0.538. The molecule has 0 saturated heterocycles. The molecule has 4 nitrogen and oxygen atoms in total. The molecule has 0 N–H and O–H groups in total. The minimum atomic E-state index is 0.226. The summed E-state index contributed by atoms with van der Waals surface area (Å²) in [4.78, 5) is 16.4. The summed E-state index contributed by atoms with van der Waals surface area (Å²) in [7, 11) is 0. The number of aromatic nitrogens is 3. The molecule has 0 atom stereocenters. The molecule has 3 rings (SSSR count). The zero-order chi connectivity index (χ0) is 18.0. The lowest BCUT2D eigenvalue weighted by atomic mass is 10.0. The average Bonchev–Trinajstić information content (AvgIpc) is 2.70. The van der Waals surface area contributed by atoms with Gasteiger partial charge in [0.25, 0.3) is 0 Å². The van der Waals surface area contributed by atoms with E-state index in [1.165, 1.54) is 5.56 Å². The molecule has 0 unspecified atom stereocenters. The number of aryl methyl sites for hydroxylation is 1. The van der Waals surface area contributed by atoms with Gasteiger partial charge in [-0.05, 0) is 49.1 Å². The normalized spacial score (nSPS) is 10.6. The molecule has 0 aliphatic carbocycles. The molecule has 0 aliphatic rings. The Kier molecular flexibility index (Phi) is 6.59. The van der Waals surface area contributed by atoms with Crippen LogP contribution in [-0.4, -0.2) is 21.0 Å². The predicted molar refractivity (Wildman–Crippen MR) is 103 cm³/mol. The number of rotatable bonds is 9. The van der Waals surface area contributed by atoms with Crippen molar-refractivity contribution < 1.29 is 4.79 Å². The second-order valence-electron chi connectivity index (χ2n) is 6.39. The summed E-state index contributed by atoms with van der Waals surface area (Å²) in [5, 5.41) is 8.35. The Morgan fingerprint density at radius 1 is 0.769 bits per heavy atom. The Bertz CT molecular complexity index is 802. The Hall–Kier alpha value is -2.88. The van der Waals surface area contributed by atoms with Crippen molar-refractivity contribution in [2.45, 2.75) is 38.5 Å². The summed E-state index contributed by atoms with van der Waals surface area (Å²) in [5.41, 5.74) is 3.60. The zero-order valence-electron chi connectivity index (χ0n) is 14.8. The van der Waals surface area contributed by atoms with Crippen LogP contribution in [0.1, 0.15) is 36.9 Å². The van der Waals surface area contributed by atoms with Crippen molar-refractivity contribution in [1.82, 2.24) is 15.2 Å². The highest BCUT2D eigenvalue weighted by atomic mass is 16.1. The zero-order valence-corrected chi connectivity index (χ0v) is 14.8. The molecular formula is C22H23N3O. The molecule has 4 heteroatoms. The van der Waals surface area contributed by atoms with Crippen LogP contribution in [0.25, 0.3) is 11.4 Å². The summed E-state index contributed by atoms with van der Waals surface area (Å²) in [5.74, 6) is 0.226. The van der Waals surface area contributed by atoms with Crippen molar-refractivity contribution in [3.05, 3.63) is 78.1 Å². The largest absolute Gasteiger partial charge is 0.299 e. The summed E-state index contributed by atoms with van der Waals surface area (Å²) in [6, 6.07) is 19.9. The highest BCUT2D eigenvalue weighted by Crippen LogP contribution is 2.13. The maximum absolute atomic E-state index is 12.1. The first kappa shape index (κ1) is 17.9. The van der Waals surface area contributed by atoms with Crippen LogP contribution in [0.5, 0.6) is 0 Å². The average molecular weight is 345 g/mol. The minimum Gasteiger partial charge on any atom is -0.299 e. The van der Waals surface area contributed by atoms with E-state index in [0.29, 0.717) is 12.8 Å². The van der Waals surface area contributed by atoms with Crippen LogP contribution in [0.4, 0.5) is 0 Å². The highest BCUT2D eigenvalue weighted by Gasteiger charge is 2.07. The van der Waals surface area contributed by atoms with Gasteiger partial charge in [-0.25, -0.2) is 0 Å². The van der Waals surface area contributed by atoms with E-state index in [0.717, 1.165) is 42.8 Å². The molecule has 0 amide bonds. The molecule has 0 radical (unpaired) electrons. The van der Waals surface area contributed by atoms with E-state index in [9.17, 15) is 4.79 Å². The lowest BCUT2D eigenvalue weighted by Crippen LogP contribution is -2.05. The number of benzene rings is 1. The van der Waals surface area contributed by atoms with E-state index >= 15 is 0 Å². The third-order valence-corrected chi connectivity index (χ3v) is 4.29. The van der Waals surface area contributed by atoms with Gasteiger partial charge in [0.15, 0.2) is 0 Å². The van der Waals surface area contributed by atoms with Crippen LogP contribution in [-0.2, 0) is 17.6 Å². The van der Waals surface area contributed by atoms with Crippen molar-refractivity contribution in [2.24, 2.45) is 0 Å². The smallest absolute Gasteiger partial charge is 0.138 e. The van der Waals surface area contributed by atoms with Gasteiger partial charge in [0.2, 0.25) is 0 Å². The molecule has 132 valence electrons. The van der Waals surface area contributed by atoms with E-state index in [-0.39, 0.29) is 5.78 Å². The standard InChI is InChI=1S/C22H23N3O/c26-20(12-6-2-5-11-18-9-3-1-4-10-18)17-19-14-15-22(25-24-19)21-13-7-8-16-23-21/h1,3-4,7-10,13-16H,2,5-6,11-12,17H2. The van der Waals surface area contributed by atoms with Crippen molar-refractivity contribution in [3.63, 3.8) is 0 Å². The van der Waals surface area contributed by atoms with E-state index in [4.69, 9.17) is 0 Å². The fraction of sp³-hybridized carbons (Fsp3) is 0.273. The fourth-order valence-corrected chi connectivity index (χ4v) is 2.87. The molecule has 26 heavy (non-hydrogen) atoms. The predicted octanol–water partition coefficient (Wildman–Crippen LogP) is 4.45. The number of carbonyl (C=O) groups is 1. The van der Waals surface area contributed by atoms with Gasteiger partial charge in [0.1, 0.15) is 11.5 Å². The summed E-state index contributed by atoms with van der Waals surface area (Å²) in [6.07, 6.45) is 6.90. The SMILES string of the molecule is O=C(CCCCCc1ccccc1)Cc1ccc(-c2ccccn2)nn1. The van der Waals surface area contributed by atoms with E-state index < -0.39 is 0 Å². The molecule has 2 aromatic heterocycles. The Balaban J connectivity index is 1.38. The third-order valence-electron chi connectivity index (χ3n) is 4.29. The highest BCUT2D eigenvalue weighted by molar-refractivity contribution is 5.80. The molecule has 2 heterocycles. The maximum Gasteiger partial charge on any atom is 0.138 e. The molecule has 0 fully saturated rings. The van der Waals surface area contributed by atoms with Crippen molar-refractivity contribution in [3.8, 4) is 11.4 Å². The van der Waals surface area contributed by atoms with E-state index in [2.05, 4.69) is 39.4 Å². The summed E-state index contributed by atoms with van der Waals surface area (Å²) >= 11 is 0. The van der Waals surface area contributed by atoms with Gasteiger partial charge in [-0.1, -0.05) is 42.8 Å². The van der Waals surface area contributed by atoms with Gasteiger partial charge in [-0.15, -0.1) is 5.10 Å². The Morgan fingerprint density at radius 2 is 1.62 bits per heavy atom. The number of pyridine rings is 1. The van der Waals surface area contributed by atoms with Crippen molar-refractivity contribution in [1.29, 1.82) is 0 Å². The molecule has 0 aliphatic heterocycles. The van der Waals surface area contributed by atoms with E-state index in [1.807, 2.05) is 36.4 Å². The van der Waals surface area contributed by atoms with Crippen molar-refractivity contribution >= 4 is 5.78 Å². The number of nitrogens with zero attached hydrogens (tertiary/aromatic N) is 3. The number of hydrogen-bond donors (Lipinski definition) is 0. The lowest BCUT2D eigenvalue weighted by Gasteiger charge is -2.03. The molecule has 0 saturated carbocycles. The Morgan fingerprint density at radius 3 is 2.35 bits per heavy atom. The maximum atomic E-state index is 12.1. The molecular weight excluding hydrogens is 322 g/mol. The third kappa shape index (κ3) is 5.59. The first-order valence-electron chi connectivity index (χ1n) is 9.11. The second-order valence-corrected chi connectivity index (χ2v) is 6.39. The number of carbonyl (C=O) groups excluding carboxylic acids is 1. The van der Waals surface area contributed by atoms with Gasteiger partial charge in [0.05, 0.1) is 17.8 Å². The van der Waals surface area contributed by atoms with Crippen LogP contribution in [0.2, 0.25) is 0 Å². The summed E-state index contributed by atoms with van der Waals surface area (Å²) in [6.45, 7) is 0. The van der Waals surface area contributed by atoms with Gasteiger partial charge in [0, 0.05) is 12.6 Å². The molecule has 1 aromatic carbocycles. The van der Waals surface area contributed by atoms with E-state index in [1.54, 1.807) is 6.20 Å². The number of hydrogen-bond acceptors (Lipinski definition) is 4. The fourth-order valence-electron chi connectivity index (χ4n) is 2.87. The van der Waals surface area contributed by atoms with Crippen LogP contribution in [0.3, 0.4) is 0 Å². The second kappa shape index (κ2) is 9.56. The first-order chi connectivity index (χ1) is 12.8. The van der Waals surface area contributed by atoms with Gasteiger partial charge in [-0.3, -0.25) is 9.78 Å². The van der Waals surface area contributed by atoms with Crippen LogP contribution in [0, 0.1) is 0 Å². The first-order valence-corrected chi connectivity index (χ1v) is 9.11. The van der Waals surface area contributed by atoms with Gasteiger partial charge in [-0.2, -0.15) is 5.10 Å². The molecule has 0 spiro atoms. The monoisotopic (exact) mass is 345 g/mol. The lowest BCUT2D eigenvalue weighted by molar-refractivity contribution is -0.118. The Labute approximate surface area is 154 Å². The number of ketones is 1. The molecule has 0 bridgehead atoms. The number of unbranched alkanes of at least 4 members (excludes halogenated alkanes) is 2. The van der Waals surface area contributed by atoms with Crippen LogP contribution < -0.4 is 0 Å².